The number of hydrogen-bond donors (Lipinski definition) is 0. The number of nitriles is 1. The van der Waals surface area contributed by atoms with Gasteiger partial charge in [-0.25, -0.2) is 0 Å². The molecular weight excluding hydrogens is 256 g/mol. The third kappa shape index (κ3) is 5.16. The summed E-state index contributed by atoms with van der Waals surface area (Å²) in [7, 11) is 0. The lowest BCUT2D eigenvalue weighted by Gasteiger charge is -2.28. The Morgan fingerprint density at radius 1 is 1.10 bits per heavy atom. The van der Waals surface area contributed by atoms with Crippen LogP contribution in [0.4, 0.5) is 0 Å². The van der Waals surface area contributed by atoms with E-state index in [0.717, 1.165) is 5.92 Å². The van der Waals surface area contributed by atoms with Crippen LogP contribution in [0.2, 0.25) is 0 Å². The number of nitrogens with zero attached hydrogens (tertiary/aromatic N) is 2. The van der Waals surface area contributed by atoms with E-state index in [1.807, 2.05) is 12.1 Å². The Bertz CT molecular complexity index is 436. The van der Waals surface area contributed by atoms with Gasteiger partial charge in [-0.2, -0.15) is 5.26 Å². The largest absolute Gasteiger partial charge is 0.260 e. The molecule has 0 saturated heterocycles. The molecule has 1 aliphatic rings. The Kier molecular flexibility index (Phi) is 6.73. The molecule has 2 rings (SSSR count). The van der Waals surface area contributed by atoms with Crippen molar-refractivity contribution >= 4 is 0 Å². The maximum Gasteiger partial charge on any atom is 0.101 e. The van der Waals surface area contributed by atoms with Crippen molar-refractivity contribution in [3.05, 3.63) is 29.6 Å². The van der Waals surface area contributed by atoms with Gasteiger partial charge in [-0.3, -0.25) is 4.98 Å². The van der Waals surface area contributed by atoms with E-state index < -0.39 is 0 Å². The molecule has 1 heterocycles. The molecule has 2 nitrogen and oxygen atoms in total. The quantitative estimate of drug-likeness (QED) is 0.612. The highest BCUT2D eigenvalue weighted by Crippen LogP contribution is 2.37. The molecule has 0 aromatic carbocycles. The van der Waals surface area contributed by atoms with Crippen LogP contribution in [-0.2, 0) is 0 Å². The van der Waals surface area contributed by atoms with Crippen molar-refractivity contribution in [2.45, 2.75) is 77.0 Å². The first-order valence-electron chi connectivity index (χ1n) is 8.69. The fourth-order valence-corrected chi connectivity index (χ4v) is 3.50. The minimum Gasteiger partial charge on any atom is -0.260 e. The van der Waals surface area contributed by atoms with Gasteiger partial charge in [-0.1, -0.05) is 45.4 Å². The molecule has 1 aromatic rings. The summed E-state index contributed by atoms with van der Waals surface area (Å²) in [6.07, 6.45) is 15.4. The van der Waals surface area contributed by atoms with Gasteiger partial charge in [-0.15, -0.1) is 0 Å². The van der Waals surface area contributed by atoms with E-state index in [4.69, 9.17) is 5.26 Å². The number of hydrogen-bond acceptors (Lipinski definition) is 2. The zero-order valence-corrected chi connectivity index (χ0v) is 13.4. The van der Waals surface area contributed by atoms with E-state index in [2.05, 4.69) is 18.0 Å². The van der Waals surface area contributed by atoms with Crippen LogP contribution in [0.15, 0.2) is 18.3 Å². The second-order valence-corrected chi connectivity index (χ2v) is 6.50. The van der Waals surface area contributed by atoms with Gasteiger partial charge in [-0.05, 0) is 43.7 Å². The highest BCUT2D eigenvalue weighted by molar-refractivity contribution is 5.27. The SMILES string of the molecule is CCCCCCCC1CCC(c2ccc(C#N)cn2)CC1. The third-order valence-electron chi connectivity index (χ3n) is 4.90. The zero-order valence-electron chi connectivity index (χ0n) is 13.4. The van der Waals surface area contributed by atoms with Gasteiger partial charge < -0.3 is 0 Å². The van der Waals surface area contributed by atoms with E-state index in [1.165, 1.54) is 69.9 Å². The summed E-state index contributed by atoms with van der Waals surface area (Å²) in [4.78, 5) is 4.47. The van der Waals surface area contributed by atoms with Crippen LogP contribution in [0.3, 0.4) is 0 Å². The van der Waals surface area contributed by atoms with Gasteiger partial charge in [0.15, 0.2) is 0 Å². The Hall–Kier alpha value is -1.36. The topological polar surface area (TPSA) is 36.7 Å². The van der Waals surface area contributed by atoms with E-state index in [-0.39, 0.29) is 0 Å². The van der Waals surface area contributed by atoms with Crippen LogP contribution in [0.5, 0.6) is 0 Å². The van der Waals surface area contributed by atoms with Gasteiger partial charge in [0.1, 0.15) is 6.07 Å². The van der Waals surface area contributed by atoms with Crippen molar-refractivity contribution in [2.75, 3.05) is 0 Å². The third-order valence-corrected chi connectivity index (χ3v) is 4.90. The molecule has 0 bridgehead atoms. The number of rotatable bonds is 7. The second-order valence-electron chi connectivity index (χ2n) is 6.50. The first kappa shape index (κ1) is 16.0. The van der Waals surface area contributed by atoms with E-state index in [1.54, 1.807) is 6.20 Å². The molecule has 0 atom stereocenters. The van der Waals surface area contributed by atoms with Crippen LogP contribution in [0, 0.1) is 17.2 Å². The first-order chi connectivity index (χ1) is 10.3. The summed E-state index contributed by atoms with van der Waals surface area (Å²) >= 11 is 0. The standard InChI is InChI=1S/C19H28N2/c1-2-3-4-5-6-7-16-8-11-18(12-9-16)19-13-10-17(14-20)15-21-19/h10,13,15-16,18H,2-9,11-12H2,1H3. The molecule has 0 radical (unpaired) electrons. The van der Waals surface area contributed by atoms with Gasteiger partial charge in [0.05, 0.1) is 5.56 Å². The highest BCUT2D eigenvalue weighted by atomic mass is 14.7. The van der Waals surface area contributed by atoms with E-state index in [9.17, 15) is 0 Å². The van der Waals surface area contributed by atoms with Crippen LogP contribution in [0.1, 0.15) is 88.3 Å². The summed E-state index contributed by atoms with van der Waals surface area (Å²) < 4.78 is 0. The van der Waals surface area contributed by atoms with Crippen LogP contribution in [0.25, 0.3) is 0 Å². The van der Waals surface area contributed by atoms with Crippen molar-refractivity contribution in [3.8, 4) is 6.07 Å². The number of pyridine rings is 1. The molecule has 1 fully saturated rings. The van der Waals surface area contributed by atoms with Crippen molar-refractivity contribution in [2.24, 2.45) is 5.92 Å². The Morgan fingerprint density at radius 2 is 1.86 bits per heavy atom. The average molecular weight is 284 g/mol. The van der Waals surface area contributed by atoms with Crippen molar-refractivity contribution in [1.29, 1.82) is 5.26 Å². The summed E-state index contributed by atoms with van der Waals surface area (Å²) in [5.74, 6) is 1.57. The molecule has 114 valence electrons. The fourth-order valence-electron chi connectivity index (χ4n) is 3.50. The number of aromatic nitrogens is 1. The van der Waals surface area contributed by atoms with Crippen LogP contribution >= 0.6 is 0 Å². The monoisotopic (exact) mass is 284 g/mol. The smallest absolute Gasteiger partial charge is 0.101 e. The molecule has 0 N–H and O–H groups in total. The van der Waals surface area contributed by atoms with Gasteiger partial charge in [0.2, 0.25) is 0 Å². The molecule has 2 heteroatoms. The average Bonchev–Trinajstić information content (AvgIpc) is 2.55. The summed E-state index contributed by atoms with van der Waals surface area (Å²) in [6.45, 7) is 2.28. The lowest BCUT2D eigenvalue weighted by Crippen LogP contribution is -2.14. The van der Waals surface area contributed by atoms with Crippen LogP contribution in [-0.4, -0.2) is 4.98 Å². The molecular formula is C19H28N2. The Labute approximate surface area is 129 Å². The van der Waals surface area contributed by atoms with Gasteiger partial charge >= 0.3 is 0 Å². The molecule has 1 aliphatic carbocycles. The first-order valence-corrected chi connectivity index (χ1v) is 8.69. The van der Waals surface area contributed by atoms with Crippen molar-refractivity contribution in [3.63, 3.8) is 0 Å². The Balaban J connectivity index is 1.69. The van der Waals surface area contributed by atoms with E-state index >= 15 is 0 Å². The van der Waals surface area contributed by atoms with E-state index in [0.29, 0.717) is 11.5 Å². The molecule has 0 amide bonds. The highest BCUT2D eigenvalue weighted by Gasteiger charge is 2.22. The normalized spacial score (nSPS) is 21.9. The van der Waals surface area contributed by atoms with Gasteiger partial charge in [0, 0.05) is 17.8 Å². The lowest BCUT2D eigenvalue weighted by molar-refractivity contribution is 0.299. The second kappa shape index (κ2) is 8.82. The maximum atomic E-state index is 8.82. The summed E-state index contributed by atoms with van der Waals surface area (Å²) in [6, 6.07) is 6.09. The molecule has 0 aliphatic heterocycles. The van der Waals surface area contributed by atoms with Gasteiger partial charge in [0.25, 0.3) is 0 Å². The molecule has 21 heavy (non-hydrogen) atoms. The minimum atomic E-state index is 0.620. The predicted molar refractivity (Wildman–Crippen MR) is 87.0 cm³/mol. The van der Waals surface area contributed by atoms with Crippen LogP contribution < -0.4 is 0 Å². The zero-order chi connectivity index (χ0) is 14.9. The Morgan fingerprint density at radius 3 is 2.48 bits per heavy atom. The minimum absolute atomic E-state index is 0.620. The predicted octanol–water partition coefficient (Wildman–Crippen LogP) is 5.59. The molecule has 0 unspecified atom stereocenters. The summed E-state index contributed by atoms with van der Waals surface area (Å²) in [5.41, 5.74) is 1.86. The summed E-state index contributed by atoms with van der Waals surface area (Å²) in [5, 5.41) is 8.82. The fraction of sp³-hybridized carbons (Fsp3) is 0.684. The molecule has 1 aromatic heterocycles. The maximum absolute atomic E-state index is 8.82. The lowest BCUT2D eigenvalue weighted by atomic mass is 9.78. The molecule has 1 saturated carbocycles. The van der Waals surface area contributed by atoms with Crippen molar-refractivity contribution in [1.82, 2.24) is 4.98 Å². The molecule has 0 spiro atoms. The number of unbranched alkanes of at least 4 members (excludes halogenated alkanes) is 4. The van der Waals surface area contributed by atoms with Crippen molar-refractivity contribution < 1.29 is 0 Å².